The zero-order chi connectivity index (χ0) is 18.4. The average Bonchev–Trinajstić information content (AvgIpc) is 2.64. The Hall–Kier alpha value is -3.21. The molecule has 1 amide bonds. The summed E-state index contributed by atoms with van der Waals surface area (Å²) in [5.74, 6) is -0.749. The van der Waals surface area contributed by atoms with Crippen molar-refractivity contribution >= 4 is 17.3 Å². The highest BCUT2D eigenvalue weighted by Gasteiger charge is 2.05. The van der Waals surface area contributed by atoms with Gasteiger partial charge in [-0.25, -0.2) is 8.78 Å². The Labute approximate surface area is 150 Å². The van der Waals surface area contributed by atoms with Gasteiger partial charge in [0.25, 0.3) is 0 Å². The predicted molar refractivity (Wildman–Crippen MR) is 98.9 cm³/mol. The van der Waals surface area contributed by atoms with Gasteiger partial charge in [-0.05, 0) is 48.0 Å². The van der Waals surface area contributed by atoms with Crippen LogP contribution in [0.25, 0.3) is 0 Å². The van der Waals surface area contributed by atoms with Gasteiger partial charge in [0.05, 0.1) is 6.42 Å². The SMILES string of the molecule is O=C(Cc1ccc(F)cc1)Nc1ccc(NCc2ccccc2F)cc1. The van der Waals surface area contributed by atoms with E-state index in [1.165, 1.54) is 18.2 Å². The van der Waals surface area contributed by atoms with Crippen LogP contribution in [0, 0.1) is 11.6 Å². The topological polar surface area (TPSA) is 41.1 Å². The fraction of sp³-hybridized carbons (Fsp3) is 0.0952. The maximum absolute atomic E-state index is 13.6. The van der Waals surface area contributed by atoms with Crippen LogP contribution >= 0.6 is 0 Å². The second kappa shape index (κ2) is 8.25. The van der Waals surface area contributed by atoms with Gasteiger partial charge in [0.2, 0.25) is 5.91 Å². The molecule has 0 atom stereocenters. The van der Waals surface area contributed by atoms with Gasteiger partial charge in [0.1, 0.15) is 11.6 Å². The lowest BCUT2D eigenvalue weighted by Crippen LogP contribution is -2.14. The maximum Gasteiger partial charge on any atom is 0.228 e. The lowest BCUT2D eigenvalue weighted by Gasteiger charge is -2.09. The Morgan fingerprint density at radius 2 is 1.46 bits per heavy atom. The molecule has 132 valence electrons. The van der Waals surface area contributed by atoms with Crippen LogP contribution in [0.1, 0.15) is 11.1 Å². The number of anilines is 2. The van der Waals surface area contributed by atoms with Crippen molar-refractivity contribution in [3.8, 4) is 0 Å². The second-order valence-corrected chi connectivity index (χ2v) is 5.87. The Kier molecular flexibility index (Phi) is 5.59. The molecule has 0 bridgehead atoms. The second-order valence-electron chi connectivity index (χ2n) is 5.87. The summed E-state index contributed by atoms with van der Waals surface area (Å²) in [4.78, 5) is 12.0. The number of benzene rings is 3. The third-order valence-corrected chi connectivity index (χ3v) is 3.89. The van der Waals surface area contributed by atoms with E-state index in [0.717, 1.165) is 11.3 Å². The summed E-state index contributed by atoms with van der Waals surface area (Å²) in [7, 11) is 0. The van der Waals surface area contributed by atoms with Gasteiger partial charge in [0, 0.05) is 23.5 Å². The highest BCUT2D eigenvalue weighted by atomic mass is 19.1. The smallest absolute Gasteiger partial charge is 0.228 e. The summed E-state index contributed by atoms with van der Waals surface area (Å²) >= 11 is 0. The van der Waals surface area contributed by atoms with Crippen molar-refractivity contribution in [3.63, 3.8) is 0 Å². The summed E-state index contributed by atoms with van der Waals surface area (Å²) in [6.45, 7) is 0.378. The van der Waals surface area contributed by atoms with Crippen molar-refractivity contribution in [2.75, 3.05) is 10.6 Å². The van der Waals surface area contributed by atoms with Gasteiger partial charge in [-0.1, -0.05) is 30.3 Å². The summed E-state index contributed by atoms with van der Waals surface area (Å²) in [6, 6.07) is 19.6. The standard InChI is InChI=1S/C21H18F2N2O/c22-17-7-5-15(6-8-17)13-21(26)25-19-11-9-18(10-12-19)24-14-16-3-1-2-4-20(16)23/h1-12,24H,13-14H2,(H,25,26). The van der Waals surface area contributed by atoms with Crippen LogP contribution in [0.3, 0.4) is 0 Å². The van der Waals surface area contributed by atoms with Crippen molar-refractivity contribution in [3.05, 3.63) is 95.6 Å². The molecule has 0 radical (unpaired) electrons. The molecule has 5 heteroatoms. The van der Waals surface area contributed by atoms with E-state index in [0.29, 0.717) is 17.8 Å². The molecule has 0 aliphatic rings. The van der Waals surface area contributed by atoms with E-state index in [4.69, 9.17) is 0 Å². The molecule has 3 rings (SSSR count). The summed E-state index contributed by atoms with van der Waals surface area (Å²) in [5.41, 5.74) is 2.81. The zero-order valence-corrected chi connectivity index (χ0v) is 14.0. The fourth-order valence-corrected chi connectivity index (χ4v) is 2.50. The fourth-order valence-electron chi connectivity index (χ4n) is 2.50. The highest BCUT2D eigenvalue weighted by molar-refractivity contribution is 5.92. The Bertz CT molecular complexity index is 877. The van der Waals surface area contributed by atoms with Crippen LogP contribution in [0.2, 0.25) is 0 Å². The van der Waals surface area contributed by atoms with E-state index >= 15 is 0 Å². The van der Waals surface area contributed by atoms with E-state index in [2.05, 4.69) is 10.6 Å². The van der Waals surface area contributed by atoms with Crippen LogP contribution < -0.4 is 10.6 Å². The Balaban J connectivity index is 1.53. The molecular formula is C21H18F2N2O. The largest absolute Gasteiger partial charge is 0.381 e. The first-order chi connectivity index (χ1) is 12.6. The molecule has 3 nitrogen and oxygen atoms in total. The van der Waals surface area contributed by atoms with E-state index < -0.39 is 0 Å². The van der Waals surface area contributed by atoms with E-state index in [1.54, 1.807) is 42.5 Å². The molecule has 26 heavy (non-hydrogen) atoms. The van der Waals surface area contributed by atoms with Gasteiger partial charge in [-0.2, -0.15) is 0 Å². The molecule has 0 saturated carbocycles. The third kappa shape index (κ3) is 4.89. The van der Waals surface area contributed by atoms with E-state index in [9.17, 15) is 13.6 Å². The van der Waals surface area contributed by atoms with Gasteiger partial charge in [0.15, 0.2) is 0 Å². The van der Waals surface area contributed by atoms with Crippen LogP contribution in [-0.4, -0.2) is 5.91 Å². The van der Waals surface area contributed by atoms with Crippen LogP contribution in [0.4, 0.5) is 20.2 Å². The molecule has 0 spiro atoms. The monoisotopic (exact) mass is 352 g/mol. The maximum atomic E-state index is 13.6. The minimum Gasteiger partial charge on any atom is -0.381 e. The molecule has 0 aromatic heterocycles. The highest BCUT2D eigenvalue weighted by Crippen LogP contribution is 2.16. The van der Waals surface area contributed by atoms with Crippen LogP contribution in [0.5, 0.6) is 0 Å². The summed E-state index contributed by atoms with van der Waals surface area (Å²) in [5, 5.41) is 5.93. The van der Waals surface area contributed by atoms with Gasteiger partial charge in [-0.15, -0.1) is 0 Å². The Morgan fingerprint density at radius 1 is 0.808 bits per heavy atom. The van der Waals surface area contributed by atoms with Crippen LogP contribution in [0.15, 0.2) is 72.8 Å². The third-order valence-electron chi connectivity index (χ3n) is 3.89. The number of carbonyl (C=O) groups excluding carboxylic acids is 1. The van der Waals surface area contributed by atoms with Crippen molar-refractivity contribution in [1.29, 1.82) is 0 Å². The van der Waals surface area contributed by atoms with Crippen molar-refractivity contribution < 1.29 is 13.6 Å². The molecule has 0 heterocycles. The van der Waals surface area contributed by atoms with E-state index in [1.807, 2.05) is 12.1 Å². The first-order valence-electron chi connectivity index (χ1n) is 8.22. The molecule has 3 aromatic carbocycles. The molecule has 3 aromatic rings. The van der Waals surface area contributed by atoms with Gasteiger partial charge >= 0.3 is 0 Å². The number of nitrogens with one attached hydrogen (secondary N) is 2. The molecule has 0 saturated heterocycles. The zero-order valence-electron chi connectivity index (χ0n) is 14.0. The number of hydrogen-bond donors (Lipinski definition) is 2. The first-order valence-corrected chi connectivity index (χ1v) is 8.22. The number of amides is 1. The lowest BCUT2D eigenvalue weighted by atomic mass is 10.1. The number of rotatable bonds is 6. The number of halogens is 2. The molecule has 0 unspecified atom stereocenters. The molecular weight excluding hydrogens is 334 g/mol. The quantitative estimate of drug-likeness (QED) is 0.672. The van der Waals surface area contributed by atoms with Crippen molar-refractivity contribution in [2.45, 2.75) is 13.0 Å². The molecule has 0 aliphatic carbocycles. The lowest BCUT2D eigenvalue weighted by molar-refractivity contribution is -0.115. The average molecular weight is 352 g/mol. The van der Waals surface area contributed by atoms with Crippen molar-refractivity contribution in [1.82, 2.24) is 0 Å². The molecule has 2 N–H and O–H groups in total. The van der Waals surface area contributed by atoms with E-state index in [-0.39, 0.29) is 24.0 Å². The van der Waals surface area contributed by atoms with Crippen LogP contribution in [-0.2, 0) is 17.8 Å². The normalized spacial score (nSPS) is 10.4. The summed E-state index contributed by atoms with van der Waals surface area (Å²) in [6.07, 6.45) is 0.174. The predicted octanol–water partition coefficient (Wildman–Crippen LogP) is 4.76. The minimum atomic E-state index is -0.326. The summed E-state index contributed by atoms with van der Waals surface area (Å²) < 4.78 is 26.5. The first kappa shape index (κ1) is 17.6. The molecule has 0 fully saturated rings. The minimum absolute atomic E-state index is 0.174. The number of hydrogen-bond acceptors (Lipinski definition) is 2. The Morgan fingerprint density at radius 3 is 2.15 bits per heavy atom. The van der Waals surface area contributed by atoms with Crippen molar-refractivity contribution in [2.24, 2.45) is 0 Å². The van der Waals surface area contributed by atoms with Gasteiger partial charge < -0.3 is 10.6 Å². The van der Waals surface area contributed by atoms with Gasteiger partial charge in [-0.3, -0.25) is 4.79 Å². The molecule has 0 aliphatic heterocycles. The number of carbonyl (C=O) groups is 1.